The molecule has 1 saturated heterocycles. The molecule has 0 bridgehead atoms. The predicted molar refractivity (Wildman–Crippen MR) is 91.7 cm³/mol. The van der Waals surface area contributed by atoms with Gasteiger partial charge in [-0.1, -0.05) is 37.6 Å². The van der Waals surface area contributed by atoms with Crippen LogP contribution in [0.5, 0.6) is 0 Å². The third kappa shape index (κ3) is 4.37. The van der Waals surface area contributed by atoms with Crippen molar-refractivity contribution in [1.82, 2.24) is 5.32 Å². The van der Waals surface area contributed by atoms with E-state index in [9.17, 15) is 4.79 Å². The molecule has 2 N–H and O–H groups in total. The fourth-order valence-corrected chi connectivity index (χ4v) is 3.07. The Morgan fingerprint density at radius 2 is 1.91 bits per heavy atom. The molecule has 0 aromatic heterocycles. The van der Waals surface area contributed by atoms with Crippen molar-refractivity contribution in [2.45, 2.75) is 26.8 Å². The van der Waals surface area contributed by atoms with Crippen LogP contribution in [0.1, 0.15) is 20.8 Å². The van der Waals surface area contributed by atoms with Gasteiger partial charge in [0.05, 0.1) is 36.9 Å². The highest BCUT2D eigenvalue weighted by Crippen LogP contribution is 2.24. The van der Waals surface area contributed by atoms with Crippen LogP contribution in [-0.2, 0) is 4.79 Å². The van der Waals surface area contributed by atoms with E-state index in [1.807, 2.05) is 25.1 Å². The van der Waals surface area contributed by atoms with E-state index in [2.05, 4.69) is 30.1 Å². The molecule has 0 spiro atoms. The van der Waals surface area contributed by atoms with Crippen molar-refractivity contribution < 1.29 is 9.69 Å². The second kappa shape index (κ2) is 7.84. The molecule has 1 fully saturated rings. The zero-order valence-electron chi connectivity index (χ0n) is 13.7. The van der Waals surface area contributed by atoms with Crippen LogP contribution in [0.15, 0.2) is 24.3 Å². The Hall–Kier alpha value is -1.26. The topological polar surface area (TPSA) is 36.8 Å². The Labute approximate surface area is 138 Å². The molecule has 0 radical (unpaired) electrons. The van der Waals surface area contributed by atoms with Gasteiger partial charge in [0.1, 0.15) is 0 Å². The molecule has 1 amide bonds. The highest BCUT2D eigenvalue weighted by atomic mass is 35.5. The van der Waals surface area contributed by atoms with Gasteiger partial charge in [0, 0.05) is 6.54 Å². The number of rotatable bonds is 5. The minimum Gasteiger partial charge on any atom is -0.359 e. The summed E-state index contributed by atoms with van der Waals surface area (Å²) in [5.41, 5.74) is 1.10. The summed E-state index contributed by atoms with van der Waals surface area (Å²) in [5, 5.41) is 3.84. The number of hydrogen-bond acceptors (Lipinski definition) is 2. The average Bonchev–Trinajstić information content (AvgIpc) is 2.52. The number of carbonyl (C=O) groups excluding carboxylic acids is 1. The van der Waals surface area contributed by atoms with Crippen molar-refractivity contribution in [1.29, 1.82) is 0 Å². The SMILES string of the molecule is CC(C)CNC(=O)[C@H](C)[NH+]1CCN(c2ccccc2Cl)CC1. The van der Waals surface area contributed by atoms with E-state index in [-0.39, 0.29) is 11.9 Å². The molecule has 1 atom stereocenters. The average molecular weight is 325 g/mol. The number of nitrogens with zero attached hydrogens (tertiary/aromatic N) is 1. The van der Waals surface area contributed by atoms with Crippen LogP contribution in [0.25, 0.3) is 0 Å². The lowest BCUT2D eigenvalue weighted by Gasteiger charge is -2.36. The maximum atomic E-state index is 12.2. The summed E-state index contributed by atoms with van der Waals surface area (Å²) in [6.45, 7) is 10.8. The first kappa shape index (κ1) is 17.1. The zero-order valence-corrected chi connectivity index (χ0v) is 14.5. The van der Waals surface area contributed by atoms with Crippen LogP contribution in [-0.4, -0.2) is 44.7 Å². The summed E-state index contributed by atoms with van der Waals surface area (Å²) in [5.74, 6) is 0.651. The van der Waals surface area contributed by atoms with Gasteiger partial charge in [0.2, 0.25) is 0 Å². The van der Waals surface area contributed by atoms with Crippen LogP contribution < -0.4 is 15.1 Å². The minimum absolute atomic E-state index is 0.00662. The quantitative estimate of drug-likeness (QED) is 0.854. The molecule has 22 heavy (non-hydrogen) atoms. The molecular weight excluding hydrogens is 298 g/mol. The Morgan fingerprint density at radius 3 is 2.50 bits per heavy atom. The number of amides is 1. The monoisotopic (exact) mass is 324 g/mol. The van der Waals surface area contributed by atoms with Crippen LogP contribution >= 0.6 is 11.6 Å². The molecule has 1 aliphatic rings. The normalized spacial score (nSPS) is 17.6. The molecule has 1 aliphatic heterocycles. The first-order valence-electron chi connectivity index (χ1n) is 8.10. The minimum atomic E-state index is 0.00662. The van der Waals surface area contributed by atoms with Crippen molar-refractivity contribution >= 4 is 23.2 Å². The molecule has 0 saturated carbocycles. The predicted octanol–water partition coefficient (Wildman–Crippen LogP) is 1.21. The zero-order chi connectivity index (χ0) is 16.1. The van der Waals surface area contributed by atoms with E-state index in [4.69, 9.17) is 11.6 Å². The Morgan fingerprint density at radius 1 is 1.27 bits per heavy atom. The van der Waals surface area contributed by atoms with Gasteiger partial charge >= 0.3 is 0 Å². The smallest absolute Gasteiger partial charge is 0.278 e. The summed E-state index contributed by atoms with van der Waals surface area (Å²) >= 11 is 6.27. The molecule has 0 unspecified atom stereocenters. The third-order valence-electron chi connectivity index (χ3n) is 4.29. The third-order valence-corrected chi connectivity index (χ3v) is 4.61. The van der Waals surface area contributed by atoms with Crippen molar-refractivity contribution in [2.24, 2.45) is 5.92 Å². The molecule has 5 heteroatoms. The molecule has 1 aromatic rings. The van der Waals surface area contributed by atoms with Gasteiger partial charge in [-0.3, -0.25) is 4.79 Å². The van der Waals surface area contributed by atoms with Crippen molar-refractivity contribution in [2.75, 3.05) is 37.6 Å². The van der Waals surface area contributed by atoms with Gasteiger partial charge in [0.15, 0.2) is 6.04 Å². The Bertz CT molecular complexity index is 498. The van der Waals surface area contributed by atoms with Crippen molar-refractivity contribution in [3.63, 3.8) is 0 Å². The van der Waals surface area contributed by atoms with Gasteiger partial charge in [-0.2, -0.15) is 0 Å². The van der Waals surface area contributed by atoms with Crippen molar-refractivity contribution in [3.05, 3.63) is 29.3 Å². The molecule has 1 heterocycles. The lowest BCUT2D eigenvalue weighted by Crippen LogP contribution is -3.19. The molecule has 1 aromatic carbocycles. The van der Waals surface area contributed by atoms with E-state index in [1.165, 1.54) is 4.90 Å². The Balaban J connectivity index is 1.86. The number of anilines is 1. The highest BCUT2D eigenvalue weighted by molar-refractivity contribution is 6.33. The van der Waals surface area contributed by atoms with E-state index in [0.29, 0.717) is 5.92 Å². The summed E-state index contributed by atoms with van der Waals surface area (Å²) in [6, 6.07) is 7.97. The van der Waals surface area contributed by atoms with Gasteiger partial charge in [-0.25, -0.2) is 0 Å². The fourth-order valence-electron chi connectivity index (χ4n) is 2.82. The second-order valence-corrected chi connectivity index (χ2v) is 6.86. The van der Waals surface area contributed by atoms with E-state index >= 15 is 0 Å². The maximum absolute atomic E-state index is 12.2. The molecule has 0 aliphatic carbocycles. The number of nitrogens with one attached hydrogen (secondary N) is 2. The molecular formula is C17H27ClN3O+. The highest BCUT2D eigenvalue weighted by Gasteiger charge is 2.29. The number of hydrogen-bond donors (Lipinski definition) is 2. The molecule has 4 nitrogen and oxygen atoms in total. The first-order valence-corrected chi connectivity index (χ1v) is 8.48. The first-order chi connectivity index (χ1) is 10.5. The summed E-state index contributed by atoms with van der Waals surface area (Å²) < 4.78 is 0. The van der Waals surface area contributed by atoms with E-state index in [1.54, 1.807) is 0 Å². The maximum Gasteiger partial charge on any atom is 0.278 e. The van der Waals surface area contributed by atoms with Crippen LogP contribution in [0.3, 0.4) is 0 Å². The van der Waals surface area contributed by atoms with Gasteiger partial charge in [0.25, 0.3) is 5.91 Å². The fraction of sp³-hybridized carbons (Fsp3) is 0.588. The number of carbonyl (C=O) groups is 1. The summed E-state index contributed by atoms with van der Waals surface area (Å²) in [4.78, 5) is 15.8. The lowest BCUT2D eigenvalue weighted by molar-refractivity contribution is -0.914. The summed E-state index contributed by atoms with van der Waals surface area (Å²) in [7, 11) is 0. The lowest BCUT2D eigenvalue weighted by atomic mass is 10.1. The van der Waals surface area contributed by atoms with Crippen LogP contribution in [0.4, 0.5) is 5.69 Å². The standard InChI is InChI=1S/C17H26ClN3O/c1-13(2)12-19-17(22)14(3)20-8-10-21(11-9-20)16-7-5-4-6-15(16)18/h4-7,13-14H,8-12H2,1-3H3,(H,19,22)/p+1/t14-/m0/s1. The van der Waals surface area contributed by atoms with Gasteiger partial charge in [-0.05, 0) is 25.0 Å². The number of para-hydroxylation sites is 1. The van der Waals surface area contributed by atoms with E-state index in [0.717, 1.165) is 43.4 Å². The number of halogens is 1. The van der Waals surface area contributed by atoms with Crippen LogP contribution in [0, 0.1) is 5.92 Å². The van der Waals surface area contributed by atoms with Crippen LogP contribution in [0.2, 0.25) is 5.02 Å². The van der Waals surface area contributed by atoms with Gasteiger partial charge < -0.3 is 15.1 Å². The number of benzene rings is 1. The largest absolute Gasteiger partial charge is 0.359 e. The van der Waals surface area contributed by atoms with Crippen molar-refractivity contribution in [3.8, 4) is 0 Å². The summed E-state index contributed by atoms with van der Waals surface area (Å²) in [6.07, 6.45) is 0. The molecule has 122 valence electrons. The number of piperazine rings is 1. The second-order valence-electron chi connectivity index (χ2n) is 6.46. The van der Waals surface area contributed by atoms with E-state index < -0.39 is 0 Å². The molecule has 2 rings (SSSR count). The number of quaternary nitrogens is 1. The Kier molecular flexibility index (Phi) is 6.09. The van der Waals surface area contributed by atoms with Gasteiger partial charge in [-0.15, -0.1) is 0 Å².